The van der Waals surface area contributed by atoms with Gasteiger partial charge in [-0.05, 0) is 51.0 Å². The predicted molar refractivity (Wildman–Crippen MR) is 122 cm³/mol. The summed E-state index contributed by atoms with van der Waals surface area (Å²) in [4.78, 5) is 23.7. The smallest absolute Gasteiger partial charge is 0.239 e. The van der Waals surface area contributed by atoms with E-state index in [1.54, 1.807) is 0 Å². The Bertz CT molecular complexity index is 747. The lowest BCUT2D eigenvalue weighted by molar-refractivity contribution is -0.135. The van der Waals surface area contributed by atoms with E-state index >= 15 is 0 Å². The Kier molecular flexibility index (Phi) is 9.11. The molecule has 8 nitrogen and oxygen atoms in total. The van der Waals surface area contributed by atoms with E-state index in [9.17, 15) is 14.3 Å². The first-order chi connectivity index (χ1) is 15.5. The number of carbonyl (C=O) groups is 1. The lowest BCUT2D eigenvalue weighted by Gasteiger charge is -2.39. The molecule has 2 N–H and O–H groups in total. The number of aliphatic hydroxyl groups is 1. The van der Waals surface area contributed by atoms with E-state index in [0.717, 1.165) is 64.6 Å². The molecular formula is C23H36FN5O3. The van der Waals surface area contributed by atoms with E-state index in [-0.39, 0.29) is 30.9 Å². The Morgan fingerprint density at radius 2 is 1.78 bits per heavy atom. The van der Waals surface area contributed by atoms with Crippen LogP contribution in [0.1, 0.15) is 26.7 Å². The number of carbonyl (C=O) groups excluding carboxylic acids is 1. The van der Waals surface area contributed by atoms with Crippen molar-refractivity contribution in [3.63, 3.8) is 0 Å². The van der Waals surface area contributed by atoms with Crippen molar-refractivity contribution in [1.82, 2.24) is 20.0 Å². The van der Waals surface area contributed by atoms with Crippen LogP contribution in [-0.4, -0.2) is 103 Å². The summed E-state index contributed by atoms with van der Waals surface area (Å²) in [6.07, 6.45) is 1.44. The number of guanidine groups is 1. The molecule has 0 saturated carbocycles. The van der Waals surface area contributed by atoms with Gasteiger partial charge in [-0.2, -0.15) is 0 Å². The predicted octanol–water partition coefficient (Wildman–Crippen LogP) is 1.16. The summed E-state index contributed by atoms with van der Waals surface area (Å²) in [5.74, 6) is 1.18. The maximum absolute atomic E-state index is 13.0. The fraction of sp³-hybridized carbons (Fsp3) is 0.652. The molecule has 0 radical (unpaired) electrons. The molecule has 2 saturated heterocycles. The fourth-order valence-corrected chi connectivity index (χ4v) is 4.07. The highest BCUT2D eigenvalue weighted by Crippen LogP contribution is 2.14. The lowest BCUT2D eigenvalue weighted by Crippen LogP contribution is -2.57. The van der Waals surface area contributed by atoms with Crippen molar-refractivity contribution in [2.24, 2.45) is 4.99 Å². The van der Waals surface area contributed by atoms with Crippen LogP contribution in [-0.2, 0) is 4.79 Å². The number of rotatable bonds is 8. The number of amides is 1. The van der Waals surface area contributed by atoms with Gasteiger partial charge in [0.1, 0.15) is 24.3 Å². The number of nitrogens with one attached hydrogen (secondary N) is 1. The van der Waals surface area contributed by atoms with Crippen molar-refractivity contribution in [1.29, 1.82) is 0 Å². The quantitative estimate of drug-likeness (QED) is 0.458. The third-order valence-corrected chi connectivity index (χ3v) is 5.98. The summed E-state index contributed by atoms with van der Waals surface area (Å²) in [5, 5.41) is 13.5. The Morgan fingerprint density at radius 3 is 2.41 bits per heavy atom. The molecule has 178 valence electrons. The second kappa shape index (κ2) is 12.0. The average Bonchev–Trinajstić information content (AvgIpc) is 3.35. The van der Waals surface area contributed by atoms with E-state index < -0.39 is 6.10 Å². The van der Waals surface area contributed by atoms with Crippen molar-refractivity contribution in [3.05, 3.63) is 30.1 Å². The second-order valence-electron chi connectivity index (χ2n) is 8.34. The van der Waals surface area contributed by atoms with Gasteiger partial charge in [0.2, 0.25) is 5.91 Å². The largest absolute Gasteiger partial charge is 0.491 e. The maximum atomic E-state index is 13.0. The van der Waals surface area contributed by atoms with Crippen LogP contribution in [0.2, 0.25) is 0 Å². The third-order valence-electron chi connectivity index (χ3n) is 5.98. The fourth-order valence-electron chi connectivity index (χ4n) is 4.07. The van der Waals surface area contributed by atoms with Crippen LogP contribution >= 0.6 is 0 Å². The normalized spacial score (nSPS) is 19.7. The highest BCUT2D eigenvalue weighted by atomic mass is 19.1. The summed E-state index contributed by atoms with van der Waals surface area (Å²) >= 11 is 0. The van der Waals surface area contributed by atoms with Gasteiger partial charge in [-0.25, -0.2) is 4.39 Å². The Labute approximate surface area is 190 Å². The van der Waals surface area contributed by atoms with Gasteiger partial charge in [-0.15, -0.1) is 0 Å². The van der Waals surface area contributed by atoms with Crippen molar-refractivity contribution in [3.8, 4) is 5.75 Å². The summed E-state index contributed by atoms with van der Waals surface area (Å²) in [5.41, 5.74) is 0. The standard InChI is InChI=1S/C23H36FN5O3/c1-3-25-23(26-16-20(30)17-32-21-8-6-19(24)7-9-21)29-14-12-27(13-15-29)18(2)22(31)28-10-4-5-11-28/h6-9,18,20,30H,3-5,10-17H2,1-2H3,(H,25,26). The van der Waals surface area contributed by atoms with E-state index in [2.05, 4.69) is 20.1 Å². The third kappa shape index (κ3) is 6.80. The van der Waals surface area contributed by atoms with Crippen LogP contribution in [0, 0.1) is 5.82 Å². The number of ether oxygens (including phenoxy) is 1. The van der Waals surface area contributed by atoms with Gasteiger partial charge in [0, 0.05) is 45.8 Å². The van der Waals surface area contributed by atoms with Gasteiger partial charge in [0.05, 0.1) is 12.6 Å². The molecule has 2 aliphatic heterocycles. The molecule has 2 fully saturated rings. The van der Waals surface area contributed by atoms with Crippen LogP contribution in [0.5, 0.6) is 5.75 Å². The van der Waals surface area contributed by atoms with E-state index in [0.29, 0.717) is 5.75 Å². The molecule has 2 atom stereocenters. The maximum Gasteiger partial charge on any atom is 0.239 e. The van der Waals surface area contributed by atoms with Crippen LogP contribution in [0.4, 0.5) is 4.39 Å². The summed E-state index contributed by atoms with van der Waals surface area (Å²) in [6.45, 7) is 9.92. The first-order valence-electron chi connectivity index (χ1n) is 11.6. The van der Waals surface area contributed by atoms with Crippen molar-refractivity contribution in [2.75, 3.05) is 59.0 Å². The van der Waals surface area contributed by atoms with Gasteiger partial charge in [0.25, 0.3) is 0 Å². The van der Waals surface area contributed by atoms with Crippen LogP contribution in [0.3, 0.4) is 0 Å². The molecule has 9 heteroatoms. The highest BCUT2D eigenvalue weighted by molar-refractivity contribution is 5.82. The molecular weight excluding hydrogens is 413 g/mol. The van der Waals surface area contributed by atoms with E-state index in [1.165, 1.54) is 24.3 Å². The SMILES string of the molecule is CCNC(=NCC(O)COc1ccc(F)cc1)N1CCN(C(C)C(=O)N2CCCC2)CC1. The van der Waals surface area contributed by atoms with Crippen LogP contribution in [0.25, 0.3) is 0 Å². The number of nitrogens with zero attached hydrogens (tertiary/aromatic N) is 4. The highest BCUT2D eigenvalue weighted by Gasteiger charge is 2.30. The number of aliphatic imine (C=N–C) groups is 1. The van der Waals surface area contributed by atoms with Crippen molar-refractivity contribution >= 4 is 11.9 Å². The Balaban J connectivity index is 1.46. The minimum atomic E-state index is -0.770. The molecule has 0 spiro atoms. The molecule has 2 unspecified atom stereocenters. The van der Waals surface area contributed by atoms with E-state index in [1.807, 2.05) is 18.7 Å². The summed E-state index contributed by atoms with van der Waals surface area (Å²) in [6, 6.07) is 5.61. The molecule has 1 aromatic carbocycles. The topological polar surface area (TPSA) is 80.6 Å². The Morgan fingerprint density at radius 1 is 1.12 bits per heavy atom. The molecule has 1 aromatic rings. The molecule has 0 aromatic heterocycles. The van der Waals surface area contributed by atoms with Crippen molar-refractivity contribution in [2.45, 2.75) is 38.8 Å². The average molecular weight is 450 g/mol. The summed E-state index contributed by atoms with van der Waals surface area (Å²) < 4.78 is 18.5. The number of aliphatic hydroxyl groups excluding tert-OH is 1. The van der Waals surface area contributed by atoms with Crippen molar-refractivity contribution < 1.29 is 19.0 Å². The first-order valence-corrected chi connectivity index (χ1v) is 11.6. The molecule has 32 heavy (non-hydrogen) atoms. The minimum Gasteiger partial charge on any atom is -0.491 e. The zero-order valence-corrected chi connectivity index (χ0v) is 19.2. The number of hydrogen-bond acceptors (Lipinski definition) is 5. The zero-order chi connectivity index (χ0) is 22.9. The van der Waals surface area contributed by atoms with E-state index in [4.69, 9.17) is 4.74 Å². The number of piperazine rings is 1. The van der Waals surface area contributed by atoms with Gasteiger partial charge in [0.15, 0.2) is 5.96 Å². The zero-order valence-electron chi connectivity index (χ0n) is 19.2. The molecule has 0 aliphatic carbocycles. The van der Waals surface area contributed by atoms with Crippen LogP contribution in [0.15, 0.2) is 29.3 Å². The summed E-state index contributed by atoms with van der Waals surface area (Å²) in [7, 11) is 0. The molecule has 2 heterocycles. The number of likely N-dealkylation sites (tertiary alicyclic amines) is 1. The van der Waals surface area contributed by atoms with Crippen LogP contribution < -0.4 is 10.1 Å². The van der Waals surface area contributed by atoms with Gasteiger partial charge >= 0.3 is 0 Å². The van der Waals surface area contributed by atoms with Gasteiger partial charge in [-0.3, -0.25) is 14.7 Å². The number of benzene rings is 1. The molecule has 1 amide bonds. The lowest BCUT2D eigenvalue weighted by atomic mass is 10.2. The van der Waals surface area contributed by atoms with Gasteiger partial charge in [-0.1, -0.05) is 0 Å². The Hall–Kier alpha value is -2.39. The monoisotopic (exact) mass is 449 g/mol. The molecule has 3 rings (SSSR count). The molecule has 2 aliphatic rings. The molecule has 0 bridgehead atoms. The first kappa shape index (κ1) is 24.3. The minimum absolute atomic E-state index is 0.0818. The number of hydrogen-bond donors (Lipinski definition) is 2. The number of halogens is 1. The van der Waals surface area contributed by atoms with Gasteiger partial charge < -0.3 is 25.0 Å². The second-order valence-corrected chi connectivity index (χ2v) is 8.34.